The minimum atomic E-state index is -4.51. The number of hydrogen-bond donors (Lipinski definition) is 0. The highest BCUT2D eigenvalue weighted by Crippen LogP contribution is 2.34. The normalized spacial score (nSPS) is 14.9. The van der Waals surface area contributed by atoms with Gasteiger partial charge >= 0.3 is 6.18 Å². The number of alkyl halides is 4. The SMILES string of the molecule is CCc1cc2c(N3CCn4c(nnc4C(F)(F)F)C3)nc(CCl)nc2s1. The molecule has 11 heteroatoms. The van der Waals surface area contributed by atoms with Crippen molar-refractivity contribution in [3.8, 4) is 0 Å². The van der Waals surface area contributed by atoms with Gasteiger partial charge in [0.05, 0.1) is 17.8 Å². The van der Waals surface area contributed by atoms with Crippen molar-refractivity contribution in [3.05, 3.63) is 28.4 Å². The molecule has 3 aromatic heterocycles. The van der Waals surface area contributed by atoms with Crippen LogP contribution in [0.25, 0.3) is 10.2 Å². The minimum Gasteiger partial charge on any atom is -0.347 e. The summed E-state index contributed by atoms with van der Waals surface area (Å²) in [6, 6.07) is 2.04. The van der Waals surface area contributed by atoms with Gasteiger partial charge < -0.3 is 9.47 Å². The molecular weight excluding hydrogens is 389 g/mol. The molecular formula is C15H14ClF3N6S. The lowest BCUT2D eigenvalue weighted by molar-refractivity contribution is -0.147. The molecule has 1 aliphatic rings. The van der Waals surface area contributed by atoms with Crippen LogP contribution in [-0.2, 0) is 31.6 Å². The van der Waals surface area contributed by atoms with E-state index in [-0.39, 0.29) is 24.8 Å². The standard InChI is InChI=1S/C15H14ClF3N6S/c1-2-8-5-9-12(20-10(6-16)21-13(9)26-8)24-3-4-25-11(7-24)22-23-14(25)15(17,18)19/h5H,2-4,6-7H2,1H3. The average Bonchev–Trinajstić information content (AvgIpc) is 3.23. The maximum atomic E-state index is 13.0. The van der Waals surface area contributed by atoms with Gasteiger partial charge in [-0.1, -0.05) is 6.92 Å². The molecule has 0 radical (unpaired) electrons. The molecule has 0 aliphatic carbocycles. The first kappa shape index (κ1) is 17.5. The molecule has 4 rings (SSSR count). The van der Waals surface area contributed by atoms with Gasteiger partial charge in [-0.05, 0) is 12.5 Å². The van der Waals surface area contributed by atoms with Gasteiger partial charge in [0.1, 0.15) is 16.5 Å². The van der Waals surface area contributed by atoms with Crippen LogP contribution in [0.2, 0.25) is 0 Å². The largest absolute Gasteiger partial charge is 0.451 e. The van der Waals surface area contributed by atoms with E-state index in [1.54, 1.807) is 11.3 Å². The molecule has 0 bridgehead atoms. The highest BCUT2D eigenvalue weighted by Gasteiger charge is 2.39. The first-order chi connectivity index (χ1) is 12.4. The second-order valence-electron chi connectivity index (χ2n) is 5.89. The van der Waals surface area contributed by atoms with Crippen molar-refractivity contribution in [2.24, 2.45) is 0 Å². The van der Waals surface area contributed by atoms with Gasteiger partial charge in [-0.2, -0.15) is 13.2 Å². The predicted octanol–water partition coefficient (Wildman–Crippen LogP) is 3.62. The van der Waals surface area contributed by atoms with Gasteiger partial charge in [-0.25, -0.2) is 9.97 Å². The molecule has 0 aromatic carbocycles. The molecule has 6 nitrogen and oxygen atoms in total. The summed E-state index contributed by atoms with van der Waals surface area (Å²) in [5, 5.41) is 7.94. The van der Waals surface area contributed by atoms with Gasteiger partial charge in [0.15, 0.2) is 5.82 Å². The van der Waals surface area contributed by atoms with E-state index in [1.807, 2.05) is 11.0 Å². The Balaban J connectivity index is 1.75. The number of aryl methyl sites for hydroxylation is 1. The van der Waals surface area contributed by atoms with Crippen molar-refractivity contribution in [3.63, 3.8) is 0 Å². The van der Waals surface area contributed by atoms with Crippen molar-refractivity contribution in [2.75, 3.05) is 11.4 Å². The zero-order chi connectivity index (χ0) is 18.5. The van der Waals surface area contributed by atoms with Crippen LogP contribution in [0, 0.1) is 0 Å². The Hall–Kier alpha value is -1.94. The molecule has 0 atom stereocenters. The lowest BCUT2D eigenvalue weighted by Crippen LogP contribution is -2.36. The second-order valence-corrected chi connectivity index (χ2v) is 7.28. The molecule has 4 heterocycles. The van der Waals surface area contributed by atoms with Crippen molar-refractivity contribution < 1.29 is 13.2 Å². The molecule has 26 heavy (non-hydrogen) atoms. The summed E-state index contributed by atoms with van der Waals surface area (Å²) in [6.07, 6.45) is -3.63. The number of aromatic nitrogens is 5. The number of hydrogen-bond acceptors (Lipinski definition) is 6. The van der Waals surface area contributed by atoms with Crippen LogP contribution < -0.4 is 4.90 Å². The van der Waals surface area contributed by atoms with Crippen molar-refractivity contribution in [1.29, 1.82) is 0 Å². The fourth-order valence-corrected chi connectivity index (χ4v) is 4.12. The van der Waals surface area contributed by atoms with Crippen LogP contribution in [-0.4, -0.2) is 31.3 Å². The lowest BCUT2D eigenvalue weighted by atomic mass is 10.2. The van der Waals surface area contributed by atoms with Gasteiger partial charge in [0.2, 0.25) is 5.82 Å². The second kappa shape index (κ2) is 6.34. The first-order valence-electron chi connectivity index (χ1n) is 8.00. The van der Waals surface area contributed by atoms with E-state index in [2.05, 4.69) is 27.1 Å². The summed E-state index contributed by atoms with van der Waals surface area (Å²) < 4.78 is 40.1. The smallest absolute Gasteiger partial charge is 0.347 e. The van der Waals surface area contributed by atoms with Crippen molar-refractivity contribution >= 4 is 39.0 Å². The Morgan fingerprint density at radius 3 is 2.73 bits per heavy atom. The summed E-state index contributed by atoms with van der Waals surface area (Å²) in [7, 11) is 0. The van der Waals surface area contributed by atoms with Crippen LogP contribution in [0.4, 0.5) is 19.0 Å². The van der Waals surface area contributed by atoms with E-state index >= 15 is 0 Å². The number of halogens is 4. The molecule has 3 aromatic rings. The van der Waals surface area contributed by atoms with Crippen LogP contribution in [0.1, 0.15) is 29.3 Å². The Labute approximate surface area is 155 Å². The highest BCUT2D eigenvalue weighted by atomic mass is 35.5. The fourth-order valence-electron chi connectivity index (χ4n) is 3.02. The molecule has 0 spiro atoms. The number of thiophene rings is 1. The number of rotatable bonds is 3. The van der Waals surface area contributed by atoms with E-state index in [9.17, 15) is 13.2 Å². The monoisotopic (exact) mass is 402 g/mol. The summed E-state index contributed by atoms with van der Waals surface area (Å²) >= 11 is 7.50. The van der Waals surface area contributed by atoms with Crippen LogP contribution >= 0.6 is 22.9 Å². The Morgan fingerprint density at radius 1 is 1.23 bits per heavy atom. The lowest BCUT2D eigenvalue weighted by Gasteiger charge is -2.29. The molecule has 0 N–H and O–H groups in total. The molecule has 0 saturated heterocycles. The maximum Gasteiger partial charge on any atom is 0.451 e. The molecule has 0 fully saturated rings. The summed E-state index contributed by atoms with van der Waals surface area (Å²) in [5.41, 5.74) is 0. The van der Waals surface area contributed by atoms with Crippen molar-refractivity contribution in [1.82, 2.24) is 24.7 Å². The van der Waals surface area contributed by atoms with E-state index in [4.69, 9.17) is 11.6 Å². The van der Waals surface area contributed by atoms with E-state index in [0.717, 1.165) is 21.2 Å². The van der Waals surface area contributed by atoms with Gasteiger partial charge in [-0.3, -0.25) is 0 Å². The number of anilines is 1. The topological polar surface area (TPSA) is 59.7 Å². The van der Waals surface area contributed by atoms with E-state index < -0.39 is 12.0 Å². The van der Waals surface area contributed by atoms with E-state index in [0.29, 0.717) is 18.2 Å². The quantitative estimate of drug-likeness (QED) is 0.626. The number of nitrogens with zero attached hydrogens (tertiary/aromatic N) is 6. The first-order valence-corrected chi connectivity index (χ1v) is 9.35. The van der Waals surface area contributed by atoms with Crippen LogP contribution in [0.3, 0.4) is 0 Å². The maximum absolute atomic E-state index is 13.0. The molecule has 0 saturated carbocycles. The van der Waals surface area contributed by atoms with Gasteiger partial charge in [0, 0.05) is 18.0 Å². The Bertz CT molecular complexity index is 966. The zero-order valence-electron chi connectivity index (χ0n) is 13.7. The zero-order valence-corrected chi connectivity index (χ0v) is 15.3. The molecule has 0 unspecified atom stereocenters. The summed E-state index contributed by atoms with van der Waals surface area (Å²) in [4.78, 5) is 12.9. The Morgan fingerprint density at radius 2 is 2.04 bits per heavy atom. The average molecular weight is 403 g/mol. The highest BCUT2D eigenvalue weighted by molar-refractivity contribution is 7.18. The number of fused-ring (bicyclic) bond motifs is 2. The molecule has 1 aliphatic heterocycles. The van der Waals surface area contributed by atoms with Crippen LogP contribution in [0.5, 0.6) is 0 Å². The van der Waals surface area contributed by atoms with Crippen LogP contribution in [0.15, 0.2) is 6.07 Å². The minimum absolute atomic E-state index is 0.143. The van der Waals surface area contributed by atoms with Gasteiger partial charge in [-0.15, -0.1) is 33.1 Å². The third-order valence-corrected chi connectivity index (χ3v) is 5.66. The predicted molar refractivity (Wildman–Crippen MR) is 92.4 cm³/mol. The van der Waals surface area contributed by atoms with Crippen molar-refractivity contribution in [2.45, 2.75) is 38.5 Å². The fraction of sp³-hybridized carbons (Fsp3) is 0.467. The molecule has 138 valence electrons. The third kappa shape index (κ3) is 2.90. The third-order valence-electron chi connectivity index (χ3n) is 4.24. The molecule has 0 amide bonds. The van der Waals surface area contributed by atoms with E-state index in [1.165, 1.54) is 4.88 Å². The summed E-state index contributed by atoms with van der Waals surface area (Å²) in [5.74, 6) is 0.676. The Kier molecular flexibility index (Phi) is 4.26. The van der Waals surface area contributed by atoms with Gasteiger partial charge in [0.25, 0.3) is 0 Å². The summed E-state index contributed by atoms with van der Waals surface area (Å²) in [6.45, 7) is 2.78.